The van der Waals surface area contributed by atoms with Crippen LogP contribution in [0, 0.1) is 10.1 Å². The zero-order valence-corrected chi connectivity index (χ0v) is 11.1. The van der Waals surface area contributed by atoms with Gasteiger partial charge in [-0.25, -0.2) is 0 Å². The molecule has 0 aliphatic heterocycles. The number of allylic oxidation sites excluding steroid dienone is 1. The van der Waals surface area contributed by atoms with E-state index in [1.807, 2.05) is 37.3 Å². The van der Waals surface area contributed by atoms with Crippen molar-refractivity contribution < 1.29 is 9.66 Å². The predicted molar refractivity (Wildman–Crippen MR) is 74.4 cm³/mol. The number of ether oxygens (including phenoxy) is 1. The number of likely N-dealkylation sites (N-methyl/N-ethyl adjacent to an activating group) is 1. The van der Waals surface area contributed by atoms with Crippen LogP contribution >= 0.6 is 0 Å². The van der Waals surface area contributed by atoms with Crippen LogP contribution in [0.2, 0.25) is 0 Å². The van der Waals surface area contributed by atoms with Crippen molar-refractivity contribution in [2.75, 3.05) is 13.2 Å². The molecule has 0 atom stereocenters. The van der Waals surface area contributed by atoms with E-state index in [0.717, 1.165) is 5.75 Å². The molecule has 1 N–H and O–H groups in total. The minimum absolute atomic E-state index is 0.0542. The zero-order chi connectivity index (χ0) is 14.1. The van der Waals surface area contributed by atoms with Gasteiger partial charge in [-0.1, -0.05) is 18.2 Å². The molecule has 5 heteroatoms. The lowest BCUT2D eigenvalue weighted by atomic mass is 10.3. The van der Waals surface area contributed by atoms with Crippen LogP contribution in [0.4, 0.5) is 0 Å². The van der Waals surface area contributed by atoms with Crippen LogP contribution in [-0.2, 0) is 0 Å². The number of hydrogen-bond donors (Lipinski definition) is 1. The highest BCUT2D eigenvalue weighted by molar-refractivity contribution is 5.24. The van der Waals surface area contributed by atoms with Gasteiger partial charge in [0.05, 0.1) is 4.92 Å². The fourth-order valence-electron chi connectivity index (χ4n) is 1.55. The van der Waals surface area contributed by atoms with Gasteiger partial charge in [0.15, 0.2) is 0 Å². The van der Waals surface area contributed by atoms with Crippen LogP contribution in [0.15, 0.2) is 53.9 Å². The summed E-state index contributed by atoms with van der Waals surface area (Å²) in [4.78, 5) is 10.5. The van der Waals surface area contributed by atoms with Gasteiger partial charge in [0.2, 0.25) is 0 Å². The summed E-state index contributed by atoms with van der Waals surface area (Å²) in [5, 5.41) is 13.9. The highest BCUT2D eigenvalue weighted by atomic mass is 16.6. The van der Waals surface area contributed by atoms with E-state index in [4.69, 9.17) is 4.74 Å². The van der Waals surface area contributed by atoms with Crippen LogP contribution in [0.1, 0.15) is 13.8 Å². The van der Waals surface area contributed by atoms with Gasteiger partial charge in [-0.15, -0.1) is 0 Å². The van der Waals surface area contributed by atoms with Crippen LogP contribution in [0.25, 0.3) is 0 Å². The molecule has 0 bridgehead atoms. The first-order valence-corrected chi connectivity index (χ1v) is 6.12. The molecule has 5 nitrogen and oxygen atoms in total. The molecule has 0 radical (unpaired) electrons. The van der Waals surface area contributed by atoms with Gasteiger partial charge < -0.3 is 10.1 Å². The van der Waals surface area contributed by atoms with Gasteiger partial charge in [0.25, 0.3) is 5.70 Å². The van der Waals surface area contributed by atoms with E-state index in [9.17, 15) is 10.1 Å². The monoisotopic (exact) mass is 262 g/mol. The van der Waals surface area contributed by atoms with Crippen LogP contribution in [-0.4, -0.2) is 18.1 Å². The third-order valence-electron chi connectivity index (χ3n) is 2.39. The number of benzene rings is 1. The van der Waals surface area contributed by atoms with Gasteiger partial charge in [-0.3, -0.25) is 10.1 Å². The van der Waals surface area contributed by atoms with Gasteiger partial charge in [-0.2, -0.15) is 0 Å². The van der Waals surface area contributed by atoms with Crippen LogP contribution in [0.5, 0.6) is 5.75 Å². The van der Waals surface area contributed by atoms with E-state index >= 15 is 0 Å². The highest BCUT2D eigenvalue weighted by Crippen LogP contribution is 2.10. The molecule has 0 amide bonds. The normalized spacial score (nSPS) is 12.1. The molecule has 0 unspecified atom stereocenters. The topological polar surface area (TPSA) is 64.4 Å². The SMILES string of the molecule is C/C=C(\C(=C/COc1ccccc1)NCC)[N+](=O)[O-]. The first-order valence-electron chi connectivity index (χ1n) is 6.12. The second-order valence-corrected chi connectivity index (χ2v) is 3.70. The molecule has 19 heavy (non-hydrogen) atoms. The van der Waals surface area contributed by atoms with E-state index in [2.05, 4.69) is 5.32 Å². The highest BCUT2D eigenvalue weighted by Gasteiger charge is 2.14. The molecule has 0 saturated carbocycles. The lowest BCUT2D eigenvalue weighted by molar-refractivity contribution is -0.421. The fourth-order valence-corrected chi connectivity index (χ4v) is 1.55. The van der Waals surface area contributed by atoms with E-state index in [1.165, 1.54) is 6.08 Å². The number of rotatable bonds is 7. The molecule has 0 aliphatic carbocycles. The molecule has 0 aromatic heterocycles. The molecule has 0 aliphatic rings. The zero-order valence-electron chi connectivity index (χ0n) is 11.1. The van der Waals surface area contributed by atoms with Crippen molar-refractivity contribution in [3.8, 4) is 5.75 Å². The number of hydrogen-bond acceptors (Lipinski definition) is 4. The Hall–Kier alpha value is -2.30. The lowest BCUT2D eigenvalue weighted by Gasteiger charge is -2.07. The van der Waals surface area contributed by atoms with Gasteiger partial charge in [0.1, 0.15) is 18.1 Å². The number of para-hydroxylation sites is 1. The Bertz CT molecular complexity index is 467. The van der Waals surface area contributed by atoms with E-state index in [1.54, 1.807) is 13.0 Å². The van der Waals surface area contributed by atoms with Crippen molar-refractivity contribution >= 4 is 0 Å². The third kappa shape index (κ3) is 4.83. The average Bonchev–Trinajstić information content (AvgIpc) is 2.40. The smallest absolute Gasteiger partial charge is 0.287 e. The Morgan fingerprint density at radius 2 is 2.11 bits per heavy atom. The molecule has 0 spiro atoms. The second-order valence-electron chi connectivity index (χ2n) is 3.70. The summed E-state index contributed by atoms with van der Waals surface area (Å²) in [5.74, 6) is 0.734. The molecule has 0 fully saturated rings. The number of nitro groups is 1. The first-order chi connectivity index (χ1) is 9.19. The molecule has 0 saturated heterocycles. The Balaban J connectivity index is 2.71. The Kier molecular flexibility index (Phi) is 6.15. The standard InChI is InChI=1S/C14H18N2O3/c1-3-14(16(17)18)13(15-4-2)10-11-19-12-8-6-5-7-9-12/h3,5-10,15H,4,11H2,1-2H3/b13-10+,14-3+. The van der Waals surface area contributed by atoms with Crippen molar-refractivity contribution in [3.63, 3.8) is 0 Å². The number of nitrogens with zero attached hydrogens (tertiary/aromatic N) is 1. The van der Waals surface area contributed by atoms with Crippen molar-refractivity contribution in [3.05, 3.63) is 64.0 Å². The predicted octanol–water partition coefficient (Wildman–Crippen LogP) is 2.74. The van der Waals surface area contributed by atoms with E-state index < -0.39 is 4.92 Å². The maximum Gasteiger partial charge on any atom is 0.287 e. The van der Waals surface area contributed by atoms with Gasteiger partial charge in [-0.05, 0) is 38.1 Å². The van der Waals surface area contributed by atoms with Gasteiger partial charge in [0, 0.05) is 6.54 Å². The summed E-state index contributed by atoms with van der Waals surface area (Å²) in [6, 6.07) is 9.32. The first kappa shape index (κ1) is 14.8. The van der Waals surface area contributed by atoms with Gasteiger partial charge >= 0.3 is 0 Å². The largest absolute Gasteiger partial charge is 0.489 e. The maximum absolute atomic E-state index is 10.9. The molecule has 102 valence electrons. The van der Waals surface area contributed by atoms with Crippen LogP contribution < -0.4 is 10.1 Å². The molecule has 1 aromatic carbocycles. The molecule has 1 rings (SSSR count). The summed E-state index contributed by atoms with van der Waals surface area (Å²) in [7, 11) is 0. The Morgan fingerprint density at radius 3 is 2.63 bits per heavy atom. The molecule has 0 heterocycles. The summed E-state index contributed by atoms with van der Waals surface area (Å²) in [6.45, 7) is 4.42. The fraction of sp³-hybridized carbons (Fsp3) is 0.286. The minimum Gasteiger partial charge on any atom is -0.489 e. The van der Waals surface area contributed by atoms with Crippen molar-refractivity contribution in [1.29, 1.82) is 0 Å². The molecular formula is C14H18N2O3. The number of nitrogens with one attached hydrogen (secondary N) is 1. The minimum atomic E-state index is -0.406. The van der Waals surface area contributed by atoms with E-state index in [0.29, 0.717) is 12.2 Å². The summed E-state index contributed by atoms with van der Waals surface area (Å²) in [6.07, 6.45) is 3.14. The van der Waals surface area contributed by atoms with Crippen molar-refractivity contribution in [2.24, 2.45) is 0 Å². The third-order valence-corrected chi connectivity index (χ3v) is 2.39. The molecule has 1 aromatic rings. The molecular weight excluding hydrogens is 244 g/mol. The average molecular weight is 262 g/mol. The lowest BCUT2D eigenvalue weighted by Crippen LogP contribution is -2.19. The van der Waals surface area contributed by atoms with E-state index in [-0.39, 0.29) is 12.3 Å². The van der Waals surface area contributed by atoms with Crippen LogP contribution in [0.3, 0.4) is 0 Å². The van der Waals surface area contributed by atoms with Crippen molar-refractivity contribution in [1.82, 2.24) is 5.32 Å². The maximum atomic E-state index is 10.9. The Morgan fingerprint density at radius 1 is 1.42 bits per heavy atom. The Labute approximate surface area is 112 Å². The van der Waals surface area contributed by atoms with Crippen molar-refractivity contribution in [2.45, 2.75) is 13.8 Å². The summed E-state index contributed by atoms with van der Waals surface area (Å²) < 4.78 is 5.49. The summed E-state index contributed by atoms with van der Waals surface area (Å²) in [5.41, 5.74) is 0.532. The summed E-state index contributed by atoms with van der Waals surface area (Å²) >= 11 is 0. The second kappa shape index (κ2) is 7.92. The quantitative estimate of drug-likeness (QED) is 0.466.